The molecular formula is C17H15F3N2O3. The van der Waals surface area contributed by atoms with Gasteiger partial charge in [0.15, 0.2) is 0 Å². The van der Waals surface area contributed by atoms with Crippen molar-refractivity contribution in [2.24, 2.45) is 4.99 Å². The molecule has 0 saturated heterocycles. The largest absolute Gasteiger partial charge is 0.573 e. The zero-order valence-corrected chi connectivity index (χ0v) is 13.5. The van der Waals surface area contributed by atoms with Crippen molar-refractivity contribution in [3.8, 4) is 22.6 Å². The maximum absolute atomic E-state index is 12.3. The number of alkyl halides is 3. The fraction of sp³-hybridized carbons (Fsp3) is 0.176. The van der Waals surface area contributed by atoms with Crippen molar-refractivity contribution in [2.45, 2.75) is 13.3 Å². The molecule has 0 spiro atoms. The van der Waals surface area contributed by atoms with E-state index in [4.69, 9.17) is 4.74 Å². The Bertz CT molecular complexity index is 804. The molecule has 0 fully saturated rings. The highest BCUT2D eigenvalue weighted by molar-refractivity contribution is 5.93. The highest BCUT2D eigenvalue weighted by Gasteiger charge is 2.31. The van der Waals surface area contributed by atoms with E-state index in [1.807, 2.05) is 0 Å². The average Bonchev–Trinajstić information content (AvgIpc) is 2.55. The summed E-state index contributed by atoms with van der Waals surface area (Å²) in [5.74, 6) is -0.186. The lowest BCUT2D eigenvalue weighted by Gasteiger charge is -2.14. The average molecular weight is 352 g/mol. The monoisotopic (exact) mass is 352 g/mol. The summed E-state index contributed by atoms with van der Waals surface area (Å²) in [6, 6.07) is 8.35. The van der Waals surface area contributed by atoms with Gasteiger partial charge in [0.1, 0.15) is 11.5 Å². The van der Waals surface area contributed by atoms with Gasteiger partial charge in [0, 0.05) is 17.3 Å². The fourth-order valence-electron chi connectivity index (χ4n) is 2.19. The van der Waals surface area contributed by atoms with Crippen molar-refractivity contribution < 1.29 is 27.4 Å². The van der Waals surface area contributed by atoms with Gasteiger partial charge in [-0.15, -0.1) is 13.2 Å². The van der Waals surface area contributed by atoms with Crippen LogP contribution < -0.4 is 14.8 Å². The second-order valence-corrected chi connectivity index (χ2v) is 5.03. The lowest BCUT2D eigenvalue weighted by molar-refractivity contribution is -0.274. The van der Waals surface area contributed by atoms with Gasteiger partial charge in [-0.2, -0.15) is 0 Å². The van der Waals surface area contributed by atoms with Crippen LogP contribution in [0, 0.1) is 6.92 Å². The number of carbonyl (C=O) groups excluding carboxylic acids is 1. The Hall–Kier alpha value is -3.03. The molecule has 0 bridgehead atoms. The van der Waals surface area contributed by atoms with Crippen LogP contribution in [0.1, 0.15) is 5.56 Å². The molecular weight excluding hydrogens is 337 g/mol. The van der Waals surface area contributed by atoms with Crippen LogP contribution in [0.2, 0.25) is 0 Å². The van der Waals surface area contributed by atoms with Crippen LogP contribution >= 0.6 is 0 Å². The minimum atomic E-state index is -4.79. The van der Waals surface area contributed by atoms with E-state index < -0.39 is 12.4 Å². The first-order chi connectivity index (χ1) is 11.7. The van der Waals surface area contributed by atoms with Crippen molar-refractivity contribution in [3.63, 3.8) is 0 Å². The third-order valence-corrected chi connectivity index (χ3v) is 3.34. The molecule has 2 aromatic rings. The number of ether oxygens (including phenoxy) is 2. The highest BCUT2D eigenvalue weighted by atomic mass is 19.4. The number of rotatable bonds is 4. The van der Waals surface area contributed by atoms with Crippen LogP contribution in [0.25, 0.3) is 11.1 Å². The number of aliphatic imine (C=N–C) groups is 1. The molecule has 2 rings (SSSR count). The van der Waals surface area contributed by atoms with E-state index in [2.05, 4.69) is 21.8 Å². The van der Waals surface area contributed by atoms with E-state index in [9.17, 15) is 18.0 Å². The second kappa shape index (κ2) is 7.25. The van der Waals surface area contributed by atoms with E-state index >= 15 is 0 Å². The number of amides is 2. The minimum Gasteiger partial charge on any atom is -0.496 e. The maximum Gasteiger partial charge on any atom is 0.573 e. The molecule has 5 nitrogen and oxygen atoms in total. The van der Waals surface area contributed by atoms with E-state index in [1.165, 1.54) is 19.2 Å². The standard InChI is InChI=1S/C17H15F3N2O3/c1-10-4-5-11(8-14(10)22-16(23)21-2)13-7-6-12(9-15(13)24-3)25-17(18,19)20/h4-9H,2H2,1,3H3,(H,22,23). The number of nitrogens with one attached hydrogen (secondary N) is 1. The molecule has 2 amide bonds. The Labute approximate surface area is 142 Å². The predicted molar refractivity (Wildman–Crippen MR) is 88.4 cm³/mol. The third-order valence-electron chi connectivity index (χ3n) is 3.34. The number of methoxy groups -OCH3 is 1. The van der Waals surface area contributed by atoms with E-state index in [0.29, 0.717) is 16.8 Å². The molecule has 0 aliphatic carbocycles. The first-order valence-electron chi connectivity index (χ1n) is 7.06. The number of aryl methyl sites for hydroxylation is 1. The van der Waals surface area contributed by atoms with Crippen LogP contribution in [0.3, 0.4) is 0 Å². The Morgan fingerprint density at radius 2 is 1.92 bits per heavy atom. The molecule has 0 heterocycles. The van der Waals surface area contributed by atoms with Gasteiger partial charge in [0.05, 0.1) is 7.11 Å². The molecule has 25 heavy (non-hydrogen) atoms. The van der Waals surface area contributed by atoms with Gasteiger partial charge in [-0.3, -0.25) is 0 Å². The summed E-state index contributed by atoms with van der Waals surface area (Å²) in [6.07, 6.45) is -4.79. The molecule has 0 aliphatic heterocycles. The number of hydrogen-bond donors (Lipinski definition) is 1. The zero-order chi connectivity index (χ0) is 18.6. The Morgan fingerprint density at radius 3 is 2.52 bits per heavy atom. The lowest BCUT2D eigenvalue weighted by Crippen LogP contribution is -2.17. The minimum absolute atomic E-state index is 0.199. The quantitative estimate of drug-likeness (QED) is 0.804. The summed E-state index contributed by atoms with van der Waals surface area (Å²) in [7, 11) is 1.34. The molecule has 0 unspecified atom stereocenters. The van der Waals surface area contributed by atoms with Crippen molar-refractivity contribution in [3.05, 3.63) is 42.0 Å². The van der Waals surface area contributed by atoms with Crippen LogP contribution in [-0.2, 0) is 0 Å². The molecule has 0 atom stereocenters. The zero-order valence-electron chi connectivity index (χ0n) is 13.5. The predicted octanol–water partition coefficient (Wildman–Crippen LogP) is 4.80. The van der Waals surface area contributed by atoms with Crippen LogP contribution in [0.15, 0.2) is 41.4 Å². The molecule has 8 heteroatoms. The van der Waals surface area contributed by atoms with Crippen LogP contribution in [0.4, 0.5) is 23.7 Å². The van der Waals surface area contributed by atoms with Gasteiger partial charge in [-0.25, -0.2) is 9.79 Å². The van der Waals surface area contributed by atoms with Gasteiger partial charge in [0.2, 0.25) is 0 Å². The summed E-state index contributed by atoms with van der Waals surface area (Å²) >= 11 is 0. The maximum atomic E-state index is 12.3. The molecule has 132 valence electrons. The summed E-state index contributed by atoms with van der Waals surface area (Å²) in [5, 5.41) is 2.57. The molecule has 0 saturated carbocycles. The molecule has 2 aromatic carbocycles. The summed E-state index contributed by atoms with van der Waals surface area (Å²) in [6.45, 7) is 4.94. The van der Waals surface area contributed by atoms with Crippen LogP contribution in [-0.4, -0.2) is 26.2 Å². The number of urea groups is 1. The van der Waals surface area contributed by atoms with E-state index in [0.717, 1.165) is 11.6 Å². The molecule has 0 radical (unpaired) electrons. The van der Waals surface area contributed by atoms with Gasteiger partial charge >= 0.3 is 12.4 Å². The van der Waals surface area contributed by atoms with Crippen molar-refractivity contribution >= 4 is 18.4 Å². The topological polar surface area (TPSA) is 59.9 Å². The van der Waals surface area contributed by atoms with Gasteiger partial charge < -0.3 is 14.8 Å². The van der Waals surface area contributed by atoms with Crippen LogP contribution in [0.5, 0.6) is 11.5 Å². The number of carbonyl (C=O) groups is 1. The normalized spacial score (nSPS) is 10.9. The first kappa shape index (κ1) is 18.3. The number of halogens is 3. The van der Waals surface area contributed by atoms with E-state index in [1.54, 1.807) is 25.1 Å². The SMILES string of the molecule is C=NC(=O)Nc1cc(-c2ccc(OC(F)(F)F)cc2OC)ccc1C. The number of anilines is 1. The Balaban J connectivity index is 2.42. The first-order valence-corrected chi connectivity index (χ1v) is 7.06. The number of benzene rings is 2. The Kier molecular flexibility index (Phi) is 5.31. The smallest absolute Gasteiger partial charge is 0.496 e. The van der Waals surface area contributed by atoms with Gasteiger partial charge in [-0.05, 0) is 43.0 Å². The summed E-state index contributed by atoms with van der Waals surface area (Å²) < 4.78 is 46.1. The van der Waals surface area contributed by atoms with Crippen molar-refractivity contribution in [2.75, 3.05) is 12.4 Å². The number of hydrogen-bond acceptors (Lipinski definition) is 3. The van der Waals surface area contributed by atoms with Gasteiger partial charge in [0.25, 0.3) is 0 Å². The molecule has 0 aliphatic rings. The number of nitrogens with zero attached hydrogens (tertiary/aromatic N) is 1. The van der Waals surface area contributed by atoms with Crippen molar-refractivity contribution in [1.29, 1.82) is 0 Å². The Morgan fingerprint density at radius 1 is 1.20 bits per heavy atom. The third kappa shape index (κ3) is 4.72. The van der Waals surface area contributed by atoms with Gasteiger partial charge in [-0.1, -0.05) is 12.1 Å². The highest BCUT2D eigenvalue weighted by Crippen LogP contribution is 2.36. The second-order valence-electron chi connectivity index (χ2n) is 5.03. The fourth-order valence-corrected chi connectivity index (χ4v) is 2.19. The molecule has 1 N–H and O–H groups in total. The van der Waals surface area contributed by atoms with E-state index in [-0.39, 0.29) is 11.5 Å². The molecule has 0 aromatic heterocycles. The lowest BCUT2D eigenvalue weighted by atomic mass is 10.0. The summed E-state index contributed by atoms with van der Waals surface area (Å²) in [5.41, 5.74) is 2.48. The summed E-state index contributed by atoms with van der Waals surface area (Å²) in [4.78, 5) is 14.7. The van der Waals surface area contributed by atoms with Crippen molar-refractivity contribution in [1.82, 2.24) is 0 Å².